The summed E-state index contributed by atoms with van der Waals surface area (Å²) in [6.45, 7) is 22.0. The molecule has 0 bridgehead atoms. The summed E-state index contributed by atoms with van der Waals surface area (Å²) in [6.07, 6.45) is 12.8. The van der Waals surface area contributed by atoms with E-state index >= 15 is 0 Å². The Balaban J connectivity index is -0.000000203. The van der Waals surface area contributed by atoms with E-state index in [0.717, 1.165) is 25.7 Å². The molecule has 0 atom stereocenters. The molecule has 0 saturated heterocycles. The third-order valence-corrected chi connectivity index (χ3v) is 5.02. The second-order valence-corrected chi connectivity index (χ2v) is 6.74. The molecule has 34 heavy (non-hydrogen) atoms. The van der Waals surface area contributed by atoms with Crippen molar-refractivity contribution in [1.82, 2.24) is 0 Å². The van der Waals surface area contributed by atoms with Gasteiger partial charge in [-0.1, -0.05) is 38.2 Å². The Hall–Kier alpha value is -3.34. The Morgan fingerprint density at radius 2 is 1.26 bits per heavy atom. The Morgan fingerprint density at radius 1 is 0.882 bits per heavy atom. The standard InChI is InChI=1S/C12H20O2.C10H16O2.C2H4.2CO2/c1-5-9-12(7-3,10-6-2)11(13)14-8-4;1-3-10(7-5-6-8-10)9(11)12-4-2;1-2;2*2-1-3/h5-6H,1-2,7-10H2,3-4H3;5-6H,3-4,7-8H2,1-2H3;1-2H2;;. The molecule has 1 aliphatic rings. The van der Waals surface area contributed by atoms with Crippen LogP contribution in [0, 0.1) is 10.8 Å². The van der Waals surface area contributed by atoms with Crippen molar-refractivity contribution in [2.45, 2.75) is 66.2 Å². The molecule has 0 aromatic heterocycles. The van der Waals surface area contributed by atoms with Gasteiger partial charge in [0.2, 0.25) is 0 Å². The Kier molecular flexibility index (Phi) is 28.9. The van der Waals surface area contributed by atoms with Crippen LogP contribution in [0.15, 0.2) is 50.6 Å². The molecule has 8 heteroatoms. The van der Waals surface area contributed by atoms with E-state index in [1.807, 2.05) is 27.7 Å². The first-order chi connectivity index (χ1) is 16.2. The number of hydrogen-bond acceptors (Lipinski definition) is 8. The highest BCUT2D eigenvalue weighted by atomic mass is 16.5. The topological polar surface area (TPSA) is 121 Å². The van der Waals surface area contributed by atoms with Gasteiger partial charge in [-0.3, -0.25) is 9.59 Å². The van der Waals surface area contributed by atoms with Gasteiger partial charge in [0.1, 0.15) is 0 Å². The molecule has 0 radical (unpaired) electrons. The molecule has 1 aliphatic carbocycles. The van der Waals surface area contributed by atoms with E-state index in [9.17, 15) is 9.59 Å². The van der Waals surface area contributed by atoms with Crippen molar-refractivity contribution in [3.05, 3.63) is 50.6 Å². The quantitative estimate of drug-likeness (QED) is 0.315. The maximum Gasteiger partial charge on any atom is 0.373 e. The summed E-state index contributed by atoms with van der Waals surface area (Å²) in [4.78, 5) is 55.8. The third kappa shape index (κ3) is 15.5. The van der Waals surface area contributed by atoms with Crippen molar-refractivity contribution in [3.8, 4) is 0 Å². The molecular formula is C26H40O8. The molecule has 0 fully saturated rings. The SMILES string of the molecule is C=C.C=CCC(CC)(CC=C)C(=O)OCC.CCOC(=O)C1(CC)CC=CC1.O=C=O.O=C=O. The lowest BCUT2D eigenvalue weighted by atomic mass is 9.79. The second kappa shape index (κ2) is 25.9. The first-order valence-corrected chi connectivity index (χ1v) is 10.9. The highest BCUT2D eigenvalue weighted by Crippen LogP contribution is 2.37. The lowest BCUT2D eigenvalue weighted by molar-refractivity contribution is -0.193. The Morgan fingerprint density at radius 3 is 1.53 bits per heavy atom. The van der Waals surface area contributed by atoms with E-state index in [2.05, 4.69) is 38.5 Å². The number of rotatable bonds is 10. The number of hydrogen-bond donors (Lipinski definition) is 0. The number of allylic oxidation sites excluding steroid dienone is 4. The summed E-state index contributed by atoms with van der Waals surface area (Å²) >= 11 is 0. The van der Waals surface area contributed by atoms with Gasteiger partial charge in [-0.25, -0.2) is 0 Å². The van der Waals surface area contributed by atoms with E-state index < -0.39 is 5.41 Å². The van der Waals surface area contributed by atoms with Crippen LogP contribution in [0.5, 0.6) is 0 Å². The molecule has 0 saturated carbocycles. The summed E-state index contributed by atoms with van der Waals surface area (Å²) in [5.41, 5.74) is -0.671. The summed E-state index contributed by atoms with van der Waals surface area (Å²) < 4.78 is 10.1. The number of carbonyl (C=O) groups excluding carboxylic acids is 6. The number of carbonyl (C=O) groups is 2. The van der Waals surface area contributed by atoms with Crippen LogP contribution in [0.3, 0.4) is 0 Å². The zero-order valence-corrected chi connectivity index (χ0v) is 21.1. The van der Waals surface area contributed by atoms with Gasteiger partial charge in [0, 0.05) is 0 Å². The molecule has 192 valence electrons. The van der Waals surface area contributed by atoms with Crippen LogP contribution in [-0.2, 0) is 38.2 Å². The summed E-state index contributed by atoms with van der Waals surface area (Å²) in [5.74, 6) is -0.167. The molecule has 0 aromatic rings. The fraction of sp³-hybridized carbons (Fsp3) is 0.538. The summed E-state index contributed by atoms with van der Waals surface area (Å²) in [7, 11) is 0. The molecule has 8 nitrogen and oxygen atoms in total. The highest BCUT2D eigenvalue weighted by Gasteiger charge is 2.38. The molecule has 1 rings (SSSR count). The van der Waals surface area contributed by atoms with Crippen molar-refractivity contribution in [2.24, 2.45) is 10.8 Å². The first kappa shape index (κ1) is 37.9. The zero-order valence-electron chi connectivity index (χ0n) is 21.1. The van der Waals surface area contributed by atoms with Gasteiger partial charge in [-0.2, -0.15) is 19.2 Å². The summed E-state index contributed by atoms with van der Waals surface area (Å²) in [6, 6.07) is 0. The molecule has 0 spiro atoms. The molecule has 0 N–H and O–H groups in total. The van der Waals surface area contributed by atoms with Gasteiger partial charge >= 0.3 is 24.2 Å². The number of ether oxygens (including phenoxy) is 2. The van der Waals surface area contributed by atoms with Crippen molar-refractivity contribution in [2.75, 3.05) is 13.2 Å². The van der Waals surface area contributed by atoms with Gasteiger partial charge in [0.25, 0.3) is 0 Å². The predicted octanol–water partition coefficient (Wildman–Crippen LogP) is 5.03. The third-order valence-electron chi connectivity index (χ3n) is 5.02. The normalized spacial score (nSPS) is 11.9. The van der Waals surface area contributed by atoms with Crippen LogP contribution in [-0.4, -0.2) is 37.5 Å². The molecule has 0 amide bonds. The van der Waals surface area contributed by atoms with Crippen molar-refractivity contribution in [1.29, 1.82) is 0 Å². The molecule has 0 heterocycles. The fourth-order valence-corrected chi connectivity index (χ4v) is 3.10. The number of esters is 2. The smallest absolute Gasteiger partial charge is 0.373 e. The van der Waals surface area contributed by atoms with Crippen LogP contribution in [0.1, 0.15) is 66.2 Å². The molecular weight excluding hydrogens is 440 g/mol. The highest BCUT2D eigenvalue weighted by molar-refractivity contribution is 5.78. The van der Waals surface area contributed by atoms with Crippen molar-refractivity contribution >= 4 is 24.2 Å². The van der Waals surface area contributed by atoms with Crippen LogP contribution in [0.2, 0.25) is 0 Å². The van der Waals surface area contributed by atoms with Gasteiger partial charge in [-0.05, 0) is 52.4 Å². The van der Waals surface area contributed by atoms with E-state index in [0.29, 0.717) is 26.1 Å². The van der Waals surface area contributed by atoms with Gasteiger partial charge < -0.3 is 9.47 Å². The Bertz CT molecular complexity index is 636. The van der Waals surface area contributed by atoms with E-state index in [4.69, 9.17) is 28.7 Å². The monoisotopic (exact) mass is 480 g/mol. The second-order valence-electron chi connectivity index (χ2n) is 6.74. The lowest BCUT2D eigenvalue weighted by Gasteiger charge is -2.27. The van der Waals surface area contributed by atoms with Crippen LogP contribution >= 0.6 is 0 Å². The van der Waals surface area contributed by atoms with Gasteiger partial charge in [0.15, 0.2) is 0 Å². The fourth-order valence-electron chi connectivity index (χ4n) is 3.10. The average Bonchev–Trinajstić information content (AvgIpc) is 3.33. The van der Waals surface area contributed by atoms with Crippen LogP contribution in [0.25, 0.3) is 0 Å². The van der Waals surface area contributed by atoms with E-state index in [1.165, 1.54) is 0 Å². The zero-order chi connectivity index (χ0) is 27.5. The Labute approximate surface area is 203 Å². The minimum Gasteiger partial charge on any atom is -0.466 e. The lowest BCUT2D eigenvalue weighted by Crippen LogP contribution is -2.31. The maximum absolute atomic E-state index is 11.8. The predicted molar refractivity (Wildman–Crippen MR) is 128 cm³/mol. The molecule has 0 unspecified atom stereocenters. The minimum absolute atomic E-state index is 0.0301. The summed E-state index contributed by atoms with van der Waals surface area (Å²) in [5, 5.41) is 0. The van der Waals surface area contributed by atoms with Crippen LogP contribution in [0.4, 0.5) is 0 Å². The van der Waals surface area contributed by atoms with E-state index in [1.54, 1.807) is 12.2 Å². The largest absolute Gasteiger partial charge is 0.466 e. The average molecular weight is 481 g/mol. The van der Waals surface area contributed by atoms with E-state index in [-0.39, 0.29) is 29.7 Å². The molecule has 0 aromatic carbocycles. The van der Waals surface area contributed by atoms with Crippen molar-refractivity contribution < 1.29 is 38.2 Å². The first-order valence-electron chi connectivity index (χ1n) is 10.9. The van der Waals surface area contributed by atoms with Crippen LogP contribution < -0.4 is 0 Å². The molecule has 0 aliphatic heterocycles. The van der Waals surface area contributed by atoms with Crippen molar-refractivity contribution in [3.63, 3.8) is 0 Å². The van der Waals surface area contributed by atoms with Gasteiger partial charge in [0.05, 0.1) is 24.0 Å². The maximum atomic E-state index is 11.8. The minimum atomic E-state index is -0.445. The van der Waals surface area contributed by atoms with Gasteiger partial charge in [-0.15, -0.1) is 26.3 Å².